The van der Waals surface area contributed by atoms with E-state index in [0.717, 1.165) is 9.70 Å². The number of tetrazole rings is 1. The van der Waals surface area contributed by atoms with E-state index < -0.39 is 54.4 Å². The van der Waals surface area contributed by atoms with Crippen LogP contribution in [0, 0.1) is 13.8 Å². The van der Waals surface area contributed by atoms with Crippen molar-refractivity contribution in [2.45, 2.75) is 70.8 Å². The fourth-order valence-electron chi connectivity index (χ4n) is 4.85. The Morgan fingerprint density at radius 3 is 2.09 bits per heavy atom. The minimum Gasteiger partial charge on any atom is -0.436 e. The van der Waals surface area contributed by atoms with Gasteiger partial charge in [-0.05, 0) is 85.3 Å². The molecule has 1 unspecified atom stereocenters. The summed E-state index contributed by atoms with van der Waals surface area (Å²) in [5.74, 6) is -0.130. The van der Waals surface area contributed by atoms with Crippen LogP contribution < -0.4 is 9.80 Å². The molecule has 44 heavy (non-hydrogen) atoms. The van der Waals surface area contributed by atoms with Gasteiger partial charge in [0.2, 0.25) is 0 Å². The van der Waals surface area contributed by atoms with Crippen LogP contribution in [-0.4, -0.2) is 45.1 Å². The number of carbonyl (C=O) groups is 1. The van der Waals surface area contributed by atoms with Gasteiger partial charge in [0, 0.05) is 13.1 Å². The Hall–Kier alpha value is -4.05. The number of alkyl halides is 9. The van der Waals surface area contributed by atoms with Crippen molar-refractivity contribution in [3.05, 3.63) is 63.7 Å². The molecule has 0 aliphatic carbocycles. The number of halogens is 9. The maximum Gasteiger partial charge on any atom is 0.425 e. The number of aryl methyl sites for hydroxylation is 3. The van der Waals surface area contributed by atoms with Crippen molar-refractivity contribution >= 4 is 17.7 Å². The third-order valence-corrected chi connectivity index (χ3v) is 7.24. The number of benzene rings is 2. The average Bonchev–Trinajstić information content (AvgIpc) is 3.25. The molecule has 1 aromatic heterocycles. The molecule has 0 bridgehead atoms. The molecule has 2 atom stereocenters. The van der Waals surface area contributed by atoms with Crippen molar-refractivity contribution in [2.24, 2.45) is 7.05 Å². The summed E-state index contributed by atoms with van der Waals surface area (Å²) in [6, 6.07) is 3.58. The van der Waals surface area contributed by atoms with Crippen LogP contribution in [0.1, 0.15) is 59.2 Å². The van der Waals surface area contributed by atoms with Crippen molar-refractivity contribution in [3.8, 4) is 0 Å². The highest BCUT2D eigenvalue weighted by Crippen LogP contribution is 2.42. The molecular weight excluding hydrogens is 611 g/mol. The number of hydrogen-bond donors (Lipinski definition) is 0. The van der Waals surface area contributed by atoms with E-state index in [0.29, 0.717) is 35.7 Å². The number of hydrogen-bond acceptors (Lipinski definition) is 6. The fraction of sp³-hybridized carbons (Fsp3) is 0.481. The summed E-state index contributed by atoms with van der Waals surface area (Å²) in [6.45, 7) is 3.51. The lowest BCUT2D eigenvalue weighted by molar-refractivity contribution is -0.196. The Bertz CT molecular complexity index is 1480. The molecule has 2 heterocycles. The highest BCUT2D eigenvalue weighted by Gasteiger charge is 2.42. The second-order valence-electron chi connectivity index (χ2n) is 10.5. The minimum absolute atomic E-state index is 0.0208. The van der Waals surface area contributed by atoms with Crippen LogP contribution in [0.5, 0.6) is 0 Å². The number of ether oxygens (including phenoxy) is 1. The van der Waals surface area contributed by atoms with Gasteiger partial charge in [-0.15, -0.1) is 5.10 Å². The molecule has 0 saturated carbocycles. The summed E-state index contributed by atoms with van der Waals surface area (Å²) in [7, 11) is 1.41. The highest BCUT2D eigenvalue weighted by molar-refractivity contribution is 5.89. The molecule has 0 N–H and O–H groups in total. The number of rotatable bonds is 5. The molecule has 1 aliphatic heterocycles. The smallest absolute Gasteiger partial charge is 0.425 e. The molecule has 2 aromatic carbocycles. The molecule has 1 aliphatic rings. The SMILES string of the molecule is Cc1cc2c(cc1C)N(C(=O)OC(C)C(F)(F)F)CCC[C@@H]2N(Cc1cc(C(F)(F)F)cc(C(F)(F)F)c1)c1nnn(C)n1. The molecule has 17 heteroatoms. The maximum atomic E-state index is 13.6. The van der Waals surface area contributed by atoms with Crippen molar-refractivity contribution in [3.63, 3.8) is 0 Å². The van der Waals surface area contributed by atoms with Crippen molar-refractivity contribution in [2.75, 3.05) is 16.3 Å². The summed E-state index contributed by atoms with van der Waals surface area (Å²) in [5, 5.41) is 11.8. The van der Waals surface area contributed by atoms with Crippen LogP contribution >= 0.6 is 0 Å². The van der Waals surface area contributed by atoms with E-state index in [2.05, 4.69) is 15.4 Å². The number of aromatic nitrogens is 4. The second-order valence-corrected chi connectivity index (χ2v) is 10.5. The topological polar surface area (TPSA) is 76.4 Å². The Labute approximate surface area is 245 Å². The van der Waals surface area contributed by atoms with Gasteiger partial charge in [-0.3, -0.25) is 4.90 Å². The van der Waals surface area contributed by atoms with Gasteiger partial charge in [0.25, 0.3) is 5.95 Å². The van der Waals surface area contributed by atoms with Gasteiger partial charge < -0.3 is 9.64 Å². The number of anilines is 2. The monoisotopic (exact) mass is 638 g/mol. The average molecular weight is 639 g/mol. The molecule has 1 amide bonds. The van der Waals surface area contributed by atoms with E-state index >= 15 is 0 Å². The zero-order valence-electron chi connectivity index (χ0n) is 23.8. The van der Waals surface area contributed by atoms with Gasteiger partial charge in [0.15, 0.2) is 6.10 Å². The van der Waals surface area contributed by atoms with Crippen molar-refractivity contribution in [1.82, 2.24) is 20.2 Å². The molecule has 4 rings (SSSR count). The van der Waals surface area contributed by atoms with E-state index in [9.17, 15) is 44.3 Å². The molecule has 8 nitrogen and oxygen atoms in total. The summed E-state index contributed by atoms with van der Waals surface area (Å²) in [6.07, 6.45) is -18.3. The van der Waals surface area contributed by atoms with Crippen molar-refractivity contribution < 1.29 is 49.0 Å². The van der Waals surface area contributed by atoms with E-state index in [1.807, 2.05) is 0 Å². The van der Waals surface area contributed by atoms with Crippen molar-refractivity contribution in [1.29, 1.82) is 0 Å². The Morgan fingerprint density at radius 1 is 0.977 bits per heavy atom. The van der Waals surface area contributed by atoms with E-state index in [1.54, 1.807) is 26.0 Å². The standard InChI is InChI=1S/C27H27F9N6O2/c1-14-8-20-21(6-5-7-41(22(20)9-15(14)2)24(43)44-16(3)25(28,29)30)42(23-37-39-40(4)38-23)13-17-10-18(26(31,32)33)12-19(11-17)27(34,35)36/h8-12,16,21H,5-7,13H2,1-4H3/t16?,21-/m0/s1. The number of amides is 1. The largest absolute Gasteiger partial charge is 0.436 e. The molecular formula is C27H27F9N6O2. The van der Waals surface area contributed by atoms with Gasteiger partial charge in [0.05, 0.1) is 29.9 Å². The highest BCUT2D eigenvalue weighted by atomic mass is 19.4. The Balaban J connectivity index is 1.85. The second kappa shape index (κ2) is 11.8. The Morgan fingerprint density at radius 2 is 1.57 bits per heavy atom. The lowest BCUT2D eigenvalue weighted by Gasteiger charge is -2.33. The zero-order valence-corrected chi connectivity index (χ0v) is 23.8. The summed E-state index contributed by atoms with van der Waals surface area (Å²) in [4.78, 5) is 16.5. The molecule has 3 aromatic rings. The molecule has 0 spiro atoms. The first kappa shape index (κ1) is 32.9. The molecule has 0 radical (unpaired) electrons. The Kier molecular flexibility index (Phi) is 8.81. The summed E-state index contributed by atoms with van der Waals surface area (Å²) < 4.78 is 126. The normalized spacial score (nSPS) is 16.8. The van der Waals surface area contributed by atoms with E-state index in [1.165, 1.54) is 11.9 Å². The number of nitrogens with zero attached hydrogens (tertiary/aromatic N) is 6. The molecule has 240 valence electrons. The summed E-state index contributed by atoms with van der Waals surface area (Å²) in [5.41, 5.74) is -1.46. The lowest BCUT2D eigenvalue weighted by Crippen LogP contribution is -2.39. The first-order valence-corrected chi connectivity index (χ1v) is 13.2. The predicted octanol–water partition coefficient (Wildman–Crippen LogP) is 7.30. The van der Waals surface area contributed by atoms with Gasteiger partial charge >= 0.3 is 24.6 Å². The first-order valence-electron chi connectivity index (χ1n) is 13.2. The quantitative estimate of drug-likeness (QED) is 0.273. The third kappa shape index (κ3) is 7.18. The number of carbonyl (C=O) groups excluding carboxylic acids is 1. The van der Waals surface area contributed by atoms with Gasteiger partial charge in [-0.1, -0.05) is 11.2 Å². The van der Waals surface area contributed by atoms with Gasteiger partial charge in [-0.25, -0.2) is 4.79 Å². The van der Waals surface area contributed by atoms with Gasteiger partial charge in [-0.2, -0.15) is 44.3 Å². The number of fused-ring (bicyclic) bond motifs is 1. The first-order chi connectivity index (χ1) is 20.3. The maximum absolute atomic E-state index is 13.6. The third-order valence-electron chi connectivity index (χ3n) is 7.24. The molecule has 0 saturated heterocycles. The van der Waals surface area contributed by atoms with Crippen LogP contribution in [0.2, 0.25) is 0 Å². The fourth-order valence-corrected chi connectivity index (χ4v) is 4.85. The van der Waals surface area contributed by atoms with Crippen LogP contribution in [0.3, 0.4) is 0 Å². The minimum atomic E-state index is -5.08. The lowest BCUT2D eigenvalue weighted by atomic mass is 9.95. The van der Waals surface area contributed by atoms with Gasteiger partial charge in [0.1, 0.15) is 0 Å². The van der Waals surface area contributed by atoms with Crippen LogP contribution in [0.4, 0.5) is 55.9 Å². The predicted molar refractivity (Wildman–Crippen MR) is 139 cm³/mol. The van der Waals surface area contributed by atoms with Crippen LogP contribution in [-0.2, 0) is 30.7 Å². The van der Waals surface area contributed by atoms with Crippen LogP contribution in [0.15, 0.2) is 30.3 Å². The van der Waals surface area contributed by atoms with E-state index in [4.69, 9.17) is 4.74 Å². The van der Waals surface area contributed by atoms with E-state index in [-0.39, 0.29) is 42.7 Å². The summed E-state index contributed by atoms with van der Waals surface area (Å²) >= 11 is 0. The molecule has 0 fully saturated rings. The van der Waals surface area contributed by atoms with Crippen LogP contribution in [0.25, 0.3) is 0 Å². The zero-order chi connectivity index (χ0) is 32.8.